The lowest BCUT2D eigenvalue weighted by Crippen LogP contribution is -2.12. The van der Waals surface area contributed by atoms with Gasteiger partial charge in [-0.3, -0.25) is 0 Å². The summed E-state index contributed by atoms with van der Waals surface area (Å²) in [6, 6.07) is 18.8. The first-order valence-corrected chi connectivity index (χ1v) is 6.21. The molecule has 2 rings (SSSR count). The van der Waals surface area contributed by atoms with E-state index < -0.39 is 0 Å². The summed E-state index contributed by atoms with van der Waals surface area (Å²) in [6.45, 7) is 0.696. The van der Waals surface area contributed by atoms with Gasteiger partial charge in [0.2, 0.25) is 0 Å². The summed E-state index contributed by atoms with van der Waals surface area (Å²) in [7, 11) is 1.70. The Morgan fingerprint density at radius 1 is 0.944 bits per heavy atom. The SMILES string of the molecule is COCCC(N)c1ccc(-c2ccccc2)cc1. The van der Waals surface area contributed by atoms with Crippen LogP contribution >= 0.6 is 0 Å². The molecule has 0 saturated carbocycles. The van der Waals surface area contributed by atoms with Gasteiger partial charge in [0.15, 0.2) is 0 Å². The zero-order valence-corrected chi connectivity index (χ0v) is 10.7. The minimum absolute atomic E-state index is 0.0507. The van der Waals surface area contributed by atoms with Gasteiger partial charge in [-0.05, 0) is 23.1 Å². The van der Waals surface area contributed by atoms with Gasteiger partial charge in [-0.25, -0.2) is 0 Å². The normalized spacial score (nSPS) is 12.3. The van der Waals surface area contributed by atoms with E-state index in [1.54, 1.807) is 7.11 Å². The van der Waals surface area contributed by atoms with Gasteiger partial charge in [0.1, 0.15) is 0 Å². The Morgan fingerprint density at radius 2 is 1.56 bits per heavy atom. The smallest absolute Gasteiger partial charge is 0.0480 e. The van der Waals surface area contributed by atoms with Crippen LogP contribution in [-0.4, -0.2) is 13.7 Å². The van der Waals surface area contributed by atoms with Gasteiger partial charge in [0.25, 0.3) is 0 Å². The van der Waals surface area contributed by atoms with E-state index in [0.717, 1.165) is 12.0 Å². The minimum Gasteiger partial charge on any atom is -0.385 e. The molecule has 94 valence electrons. The van der Waals surface area contributed by atoms with Gasteiger partial charge in [-0.2, -0.15) is 0 Å². The Bertz CT molecular complexity index is 464. The van der Waals surface area contributed by atoms with Gasteiger partial charge in [-0.1, -0.05) is 54.6 Å². The number of nitrogens with two attached hydrogens (primary N) is 1. The molecule has 2 aromatic rings. The van der Waals surface area contributed by atoms with Gasteiger partial charge in [0.05, 0.1) is 0 Å². The zero-order chi connectivity index (χ0) is 12.8. The molecule has 0 aliphatic heterocycles. The number of ether oxygens (including phenoxy) is 1. The first-order chi connectivity index (χ1) is 8.81. The average molecular weight is 241 g/mol. The third-order valence-electron chi connectivity index (χ3n) is 3.08. The van der Waals surface area contributed by atoms with Crippen LogP contribution in [0, 0.1) is 0 Å². The zero-order valence-electron chi connectivity index (χ0n) is 10.7. The molecular formula is C16H19NO. The summed E-state index contributed by atoms with van der Waals surface area (Å²) < 4.78 is 5.05. The fraction of sp³-hybridized carbons (Fsp3) is 0.250. The molecule has 1 atom stereocenters. The van der Waals surface area contributed by atoms with Crippen LogP contribution in [0.3, 0.4) is 0 Å². The molecule has 2 nitrogen and oxygen atoms in total. The Labute approximate surface area is 108 Å². The van der Waals surface area contributed by atoms with Gasteiger partial charge in [-0.15, -0.1) is 0 Å². The van der Waals surface area contributed by atoms with Crippen LogP contribution in [0.4, 0.5) is 0 Å². The van der Waals surface area contributed by atoms with Crippen molar-refractivity contribution in [3.05, 3.63) is 60.2 Å². The fourth-order valence-corrected chi connectivity index (χ4v) is 1.96. The number of rotatable bonds is 5. The lowest BCUT2D eigenvalue weighted by Gasteiger charge is -2.12. The summed E-state index contributed by atoms with van der Waals surface area (Å²) in [4.78, 5) is 0. The third-order valence-corrected chi connectivity index (χ3v) is 3.08. The molecule has 0 aliphatic carbocycles. The van der Waals surface area contributed by atoms with E-state index in [0.29, 0.717) is 6.61 Å². The average Bonchev–Trinajstić information content (AvgIpc) is 2.46. The molecule has 0 bridgehead atoms. The van der Waals surface area contributed by atoms with E-state index in [2.05, 4.69) is 36.4 Å². The topological polar surface area (TPSA) is 35.2 Å². The number of hydrogen-bond acceptors (Lipinski definition) is 2. The van der Waals surface area contributed by atoms with Crippen molar-refractivity contribution in [3.63, 3.8) is 0 Å². The Kier molecular flexibility index (Phi) is 4.51. The molecule has 18 heavy (non-hydrogen) atoms. The maximum absolute atomic E-state index is 6.09. The molecule has 0 aliphatic rings. The molecule has 0 radical (unpaired) electrons. The number of methoxy groups -OCH3 is 1. The molecular weight excluding hydrogens is 222 g/mol. The molecule has 2 aromatic carbocycles. The van der Waals surface area contributed by atoms with Crippen molar-refractivity contribution >= 4 is 0 Å². The highest BCUT2D eigenvalue weighted by Gasteiger charge is 2.05. The Balaban J connectivity index is 2.10. The van der Waals surface area contributed by atoms with Crippen molar-refractivity contribution in [2.24, 2.45) is 5.73 Å². The summed E-state index contributed by atoms with van der Waals surface area (Å²) in [6.07, 6.45) is 0.848. The van der Waals surface area contributed by atoms with Crippen LogP contribution in [-0.2, 0) is 4.74 Å². The van der Waals surface area contributed by atoms with Crippen LogP contribution in [0.2, 0.25) is 0 Å². The van der Waals surface area contributed by atoms with E-state index in [-0.39, 0.29) is 6.04 Å². The monoisotopic (exact) mass is 241 g/mol. The molecule has 0 amide bonds. The van der Waals surface area contributed by atoms with Crippen molar-refractivity contribution in [2.45, 2.75) is 12.5 Å². The summed E-state index contributed by atoms with van der Waals surface area (Å²) >= 11 is 0. The molecule has 2 N–H and O–H groups in total. The molecule has 0 saturated heterocycles. The van der Waals surface area contributed by atoms with Gasteiger partial charge in [0, 0.05) is 19.8 Å². The van der Waals surface area contributed by atoms with Gasteiger partial charge < -0.3 is 10.5 Å². The second kappa shape index (κ2) is 6.34. The maximum atomic E-state index is 6.09. The third kappa shape index (κ3) is 3.19. The summed E-state index contributed by atoms with van der Waals surface area (Å²) in [5.74, 6) is 0. The lowest BCUT2D eigenvalue weighted by atomic mass is 10.00. The molecule has 1 unspecified atom stereocenters. The first-order valence-electron chi connectivity index (χ1n) is 6.21. The van der Waals surface area contributed by atoms with E-state index in [1.807, 2.05) is 18.2 Å². The van der Waals surface area contributed by atoms with Crippen molar-refractivity contribution in [3.8, 4) is 11.1 Å². The molecule has 0 fully saturated rings. The Hall–Kier alpha value is -1.64. The number of hydrogen-bond donors (Lipinski definition) is 1. The molecule has 0 aromatic heterocycles. The second-order valence-electron chi connectivity index (χ2n) is 4.38. The quantitative estimate of drug-likeness (QED) is 0.870. The first kappa shape index (κ1) is 12.8. The Morgan fingerprint density at radius 3 is 2.17 bits per heavy atom. The molecule has 2 heteroatoms. The van der Waals surface area contributed by atoms with E-state index in [1.165, 1.54) is 11.1 Å². The standard InChI is InChI=1S/C16H19NO/c1-18-12-11-16(17)15-9-7-14(8-10-15)13-5-3-2-4-6-13/h2-10,16H,11-12,17H2,1H3. The van der Waals surface area contributed by atoms with Crippen LogP contribution in [0.1, 0.15) is 18.0 Å². The van der Waals surface area contributed by atoms with Crippen molar-refractivity contribution < 1.29 is 4.74 Å². The predicted molar refractivity (Wildman–Crippen MR) is 75.3 cm³/mol. The highest BCUT2D eigenvalue weighted by molar-refractivity contribution is 5.63. The van der Waals surface area contributed by atoms with Gasteiger partial charge >= 0.3 is 0 Å². The van der Waals surface area contributed by atoms with Crippen LogP contribution in [0.25, 0.3) is 11.1 Å². The molecule has 0 spiro atoms. The highest BCUT2D eigenvalue weighted by Crippen LogP contribution is 2.22. The van der Waals surface area contributed by atoms with E-state index in [9.17, 15) is 0 Å². The largest absolute Gasteiger partial charge is 0.385 e. The van der Waals surface area contributed by atoms with Crippen molar-refractivity contribution in [1.82, 2.24) is 0 Å². The van der Waals surface area contributed by atoms with Crippen molar-refractivity contribution in [1.29, 1.82) is 0 Å². The van der Waals surface area contributed by atoms with E-state index in [4.69, 9.17) is 10.5 Å². The van der Waals surface area contributed by atoms with Crippen LogP contribution in [0.15, 0.2) is 54.6 Å². The summed E-state index contributed by atoms with van der Waals surface area (Å²) in [5, 5.41) is 0. The maximum Gasteiger partial charge on any atom is 0.0480 e. The molecule has 0 heterocycles. The van der Waals surface area contributed by atoms with Crippen LogP contribution < -0.4 is 5.73 Å². The second-order valence-corrected chi connectivity index (χ2v) is 4.38. The summed E-state index contributed by atoms with van der Waals surface area (Å²) in [5.41, 5.74) is 9.70. The van der Waals surface area contributed by atoms with Crippen molar-refractivity contribution in [2.75, 3.05) is 13.7 Å². The highest BCUT2D eigenvalue weighted by atomic mass is 16.5. The minimum atomic E-state index is 0.0507. The van der Waals surface area contributed by atoms with Crippen LogP contribution in [0.5, 0.6) is 0 Å². The number of benzene rings is 2. The fourth-order valence-electron chi connectivity index (χ4n) is 1.96. The van der Waals surface area contributed by atoms with E-state index >= 15 is 0 Å². The predicted octanol–water partition coefficient (Wildman–Crippen LogP) is 3.39. The lowest BCUT2D eigenvalue weighted by molar-refractivity contribution is 0.188.